The van der Waals surface area contributed by atoms with Gasteiger partial charge in [-0.25, -0.2) is 0 Å². The minimum absolute atomic E-state index is 0.118. The van der Waals surface area contributed by atoms with E-state index in [0.717, 1.165) is 0 Å². The highest BCUT2D eigenvalue weighted by Crippen LogP contribution is 2.22. The van der Waals surface area contributed by atoms with Crippen LogP contribution in [0, 0.1) is 17.3 Å². The van der Waals surface area contributed by atoms with Crippen LogP contribution < -0.4 is 0 Å². The van der Waals surface area contributed by atoms with Gasteiger partial charge in [-0.05, 0) is 33.6 Å². The lowest BCUT2D eigenvalue weighted by molar-refractivity contribution is 0.151. The zero-order chi connectivity index (χ0) is 8.32. The van der Waals surface area contributed by atoms with Gasteiger partial charge < -0.3 is 4.74 Å². The fraction of sp³-hybridized carbons (Fsp3) is 0.800. The van der Waals surface area contributed by atoms with Crippen LogP contribution >= 0.6 is 0 Å². The predicted molar refractivity (Wildman–Crippen MR) is 46.2 cm³/mol. The Bertz CT molecular complexity index is 173. The molecule has 0 unspecified atom stereocenters. The first kappa shape index (κ1) is 8.62. The molecule has 1 aliphatic rings. The fourth-order valence-corrected chi connectivity index (χ4v) is 0.695. The molecule has 0 aromatic rings. The lowest BCUT2D eigenvalue weighted by Crippen LogP contribution is -2.01. The summed E-state index contributed by atoms with van der Waals surface area (Å²) in [5.74, 6) is 6.15. The van der Waals surface area contributed by atoms with Crippen LogP contribution in [-0.4, -0.2) is 12.7 Å². The number of rotatable bonds is 2. The van der Waals surface area contributed by atoms with Crippen LogP contribution in [0.3, 0.4) is 0 Å². The summed E-state index contributed by atoms with van der Waals surface area (Å²) in [4.78, 5) is 0. The van der Waals surface area contributed by atoms with Crippen molar-refractivity contribution in [2.75, 3.05) is 6.61 Å². The fourth-order valence-electron chi connectivity index (χ4n) is 0.695. The lowest BCUT2D eigenvalue weighted by Gasteiger charge is -2.06. The molecule has 0 spiro atoms. The van der Waals surface area contributed by atoms with Gasteiger partial charge in [-0.1, -0.05) is 11.8 Å². The Labute approximate surface area is 69.1 Å². The summed E-state index contributed by atoms with van der Waals surface area (Å²) in [5, 5.41) is 0. The molecular formula is C10H16O. The van der Waals surface area contributed by atoms with Crippen molar-refractivity contribution in [1.82, 2.24) is 0 Å². The van der Waals surface area contributed by atoms with Crippen LogP contribution in [0.25, 0.3) is 0 Å². The third kappa shape index (κ3) is 4.86. The molecule has 0 radical (unpaired) electrons. The van der Waals surface area contributed by atoms with Crippen molar-refractivity contribution < 1.29 is 4.74 Å². The first-order valence-electron chi connectivity index (χ1n) is 4.19. The zero-order valence-electron chi connectivity index (χ0n) is 7.61. The molecule has 1 aliphatic carbocycles. The molecule has 1 heteroatoms. The van der Waals surface area contributed by atoms with Gasteiger partial charge in [0.1, 0.15) is 6.61 Å². The van der Waals surface area contributed by atoms with Crippen LogP contribution in [0.2, 0.25) is 0 Å². The van der Waals surface area contributed by atoms with E-state index in [0.29, 0.717) is 12.7 Å². The molecule has 0 bridgehead atoms. The van der Waals surface area contributed by atoms with Crippen molar-refractivity contribution in [2.45, 2.75) is 39.7 Å². The molecule has 0 heterocycles. The molecule has 1 nitrogen and oxygen atoms in total. The lowest BCUT2D eigenvalue weighted by atomic mass is 9.98. The molecule has 0 aliphatic heterocycles. The van der Waals surface area contributed by atoms with Crippen LogP contribution in [0.4, 0.5) is 0 Å². The van der Waals surface area contributed by atoms with Gasteiger partial charge in [-0.15, -0.1) is 0 Å². The van der Waals surface area contributed by atoms with Gasteiger partial charge in [0, 0.05) is 5.41 Å². The van der Waals surface area contributed by atoms with Gasteiger partial charge in [-0.2, -0.15) is 0 Å². The molecule has 0 atom stereocenters. The van der Waals surface area contributed by atoms with Crippen LogP contribution in [0.1, 0.15) is 33.6 Å². The molecule has 0 aromatic carbocycles. The van der Waals surface area contributed by atoms with E-state index in [1.54, 1.807) is 0 Å². The third-order valence-electron chi connectivity index (χ3n) is 1.38. The summed E-state index contributed by atoms with van der Waals surface area (Å²) in [6.07, 6.45) is 3.00. The first-order valence-corrected chi connectivity index (χ1v) is 4.19. The van der Waals surface area contributed by atoms with Gasteiger partial charge >= 0.3 is 0 Å². The SMILES string of the molecule is CC(C)(C)C#CCOC1CC1. The second kappa shape index (κ2) is 3.28. The molecule has 62 valence electrons. The molecule has 0 N–H and O–H groups in total. The number of hydrogen-bond acceptors (Lipinski definition) is 1. The Morgan fingerprint density at radius 3 is 2.45 bits per heavy atom. The summed E-state index contributed by atoms with van der Waals surface area (Å²) in [7, 11) is 0. The Morgan fingerprint density at radius 2 is 2.00 bits per heavy atom. The number of hydrogen-bond donors (Lipinski definition) is 0. The topological polar surface area (TPSA) is 9.23 Å². The van der Waals surface area contributed by atoms with Crippen molar-refractivity contribution >= 4 is 0 Å². The predicted octanol–water partition coefficient (Wildman–Crippen LogP) is 2.21. The number of ether oxygens (including phenoxy) is 1. The summed E-state index contributed by atoms with van der Waals surface area (Å²) in [5.41, 5.74) is 0.118. The molecule has 0 saturated heterocycles. The van der Waals surface area contributed by atoms with E-state index in [1.165, 1.54) is 12.8 Å². The zero-order valence-corrected chi connectivity index (χ0v) is 7.61. The van der Waals surface area contributed by atoms with Crippen molar-refractivity contribution in [3.8, 4) is 11.8 Å². The van der Waals surface area contributed by atoms with E-state index in [1.807, 2.05) is 0 Å². The minimum atomic E-state index is 0.118. The van der Waals surface area contributed by atoms with Gasteiger partial charge in [0.2, 0.25) is 0 Å². The van der Waals surface area contributed by atoms with E-state index in [2.05, 4.69) is 32.6 Å². The van der Waals surface area contributed by atoms with E-state index < -0.39 is 0 Å². The van der Waals surface area contributed by atoms with Gasteiger partial charge in [-0.3, -0.25) is 0 Å². The average Bonchev–Trinajstić information content (AvgIpc) is 2.60. The third-order valence-corrected chi connectivity index (χ3v) is 1.38. The maximum atomic E-state index is 5.37. The van der Waals surface area contributed by atoms with Crippen molar-refractivity contribution in [1.29, 1.82) is 0 Å². The van der Waals surface area contributed by atoms with E-state index in [9.17, 15) is 0 Å². The Hall–Kier alpha value is -0.480. The van der Waals surface area contributed by atoms with E-state index in [-0.39, 0.29) is 5.41 Å². The Balaban J connectivity index is 2.11. The molecule has 11 heavy (non-hydrogen) atoms. The maximum Gasteiger partial charge on any atom is 0.108 e. The summed E-state index contributed by atoms with van der Waals surface area (Å²) >= 11 is 0. The maximum absolute atomic E-state index is 5.37. The van der Waals surface area contributed by atoms with Crippen LogP contribution in [-0.2, 0) is 4.74 Å². The highest BCUT2D eigenvalue weighted by atomic mass is 16.5. The summed E-state index contributed by atoms with van der Waals surface area (Å²) in [6, 6.07) is 0. The summed E-state index contributed by atoms with van der Waals surface area (Å²) in [6.45, 7) is 6.94. The second-order valence-corrected chi connectivity index (χ2v) is 4.06. The van der Waals surface area contributed by atoms with E-state index >= 15 is 0 Å². The largest absolute Gasteiger partial charge is 0.366 e. The van der Waals surface area contributed by atoms with Gasteiger partial charge in [0.25, 0.3) is 0 Å². The van der Waals surface area contributed by atoms with Gasteiger partial charge in [0.05, 0.1) is 6.10 Å². The second-order valence-electron chi connectivity index (χ2n) is 4.06. The van der Waals surface area contributed by atoms with Crippen molar-refractivity contribution in [3.05, 3.63) is 0 Å². The molecule has 1 rings (SSSR count). The first-order chi connectivity index (χ1) is 5.08. The average molecular weight is 152 g/mol. The van der Waals surface area contributed by atoms with Crippen LogP contribution in [0.15, 0.2) is 0 Å². The summed E-state index contributed by atoms with van der Waals surface area (Å²) < 4.78 is 5.37. The molecule has 1 saturated carbocycles. The molecule has 0 aromatic heterocycles. The smallest absolute Gasteiger partial charge is 0.108 e. The van der Waals surface area contributed by atoms with Gasteiger partial charge in [0.15, 0.2) is 0 Å². The van der Waals surface area contributed by atoms with Crippen molar-refractivity contribution in [3.63, 3.8) is 0 Å². The Morgan fingerprint density at radius 1 is 1.36 bits per heavy atom. The normalized spacial score (nSPS) is 17.4. The highest BCUT2D eigenvalue weighted by Gasteiger charge is 2.21. The molecule has 0 amide bonds. The Kier molecular flexibility index (Phi) is 2.57. The van der Waals surface area contributed by atoms with Crippen LogP contribution in [0.5, 0.6) is 0 Å². The molecular weight excluding hydrogens is 136 g/mol. The molecule has 1 fully saturated rings. The highest BCUT2D eigenvalue weighted by molar-refractivity contribution is 5.07. The van der Waals surface area contributed by atoms with E-state index in [4.69, 9.17) is 4.74 Å². The quantitative estimate of drug-likeness (QED) is 0.551. The minimum Gasteiger partial charge on any atom is -0.366 e. The van der Waals surface area contributed by atoms with Crippen molar-refractivity contribution in [2.24, 2.45) is 5.41 Å². The monoisotopic (exact) mass is 152 g/mol. The standard InChI is InChI=1S/C10H16O/c1-10(2,3)7-4-8-11-9-5-6-9/h9H,5-6,8H2,1-3H3.